The molecule has 2 aliphatic heterocycles. The van der Waals surface area contributed by atoms with E-state index in [4.69, 9.17) is 10.5 Å². The number of benzene rings is 3. The molecular formula is C33H33N3O3. The Balaban J connectivity index is 1.30. The van der Waals surface area contributed by atoms with Crippen molar-refractivity contribution in [3.8, 4) is 11.5 Å². The molecule has 0 amide bonds. The molecule has 4 aromatic rings. The van der Waals surface area contributed by atoms with Gasteiger partial charge in [-0.1, -0.05) is 36.4 Å². The van der Waals surface area contributed by atoms with Crippen LogP contribution in [0.1, 0.15) is 53.3 Å². The maximum atomic E-state index is 13.1. The predicted octanol–water partition coefficient (Wildman–Crippen LogP) is 4.68. The fraction of sp³-hybridized carbons (Fsp3) is 0.394. The van der Waals surface area contributed by atoms with E-state index in [1.165, 1.54) is 34.9 Å². The first kappa shape index (κ1) is 22.3. The van der Waals surface area contributed by atoms with Crippen molar-refractivity contribution < 1.29 is 14.9 Å². The van der Waals surface area contributed by atoms with E-state index in [1.807, 2.05) is 12.1 Å². The number of nitrogens with two attached hydrogens (primary N) is 1. The third kappa shape index (κ3) is 2.74. The van der Waals surface area contributed by atoms with Crippen LogP contribution in [0.4, 0.5) is 5.69 Å². The smallest absolute Gasteiger partial charge is 0.166 e. The average molecular weight is 520 g/mol. The Labute approximate surface area is 227 Å². The molecule has 6 heteroatoms. The fourth-order valence-electron chi connectivity index (χ4n) is 8.78. The van der Waals surface area contributed by atoms with Crippen molar-refractivity contribution in [1.29, 1.82) is 0 Å². The highest BCUT2D eigenvalue weighted by Crippen LogP contribution is 2.69. The molecule has 1 saturated heterocycles. The Kier molecular flexibility index (Phi) is 4.23. The van der Waals surface area contributed by atoms with Crippen molar-refractivity contribution in [2.45, 2.75) is 61.8 Å². The number of para-hydroxylation sites is 1. The number of aromatic hydroxyl groups is 1. The quantitative estimate of drug-likeness (QED) is 0.341. The zero-order chi connectivity index (χ0) is 26.1. The lowest BCUT2D eigenvalue weighted by Gasteiger charge is -2.63. The molecule has 4 N–H and O–H groups in total. The highest BCUT2D eigenvalue weighted by Gasteiger charge is 2.73. The number of anilines is 1. The van der Waals surface area contributed by atoms with E-state index in [0.29, 0.717) is 18.7 Å². The molecule has 3 aliphatic carbocycles. The summed E-state index contributed by atoms with van der Waals surface area (Å²) < 4.78 is 9.29. The molecule has 2 fully saturated rings. The number of hydrogen-bond donors (Lipinski definition) is 3. The van der Waals surface area contributed by atoms with Crippen molar-refractivity contribution >= 4 is 16.6 Å². The molecule has 6 nitrogen and oxygen atoms in total. The molecule has 0 unspecified atom stereocenters. The largest absolute Gasteiger partial charge is 0.504 e. The SMILES string of the molecule is Nc1ccc(Cn2c3c(c4ccccc42)C[C@@]2(O)[C@@H]4Cc5ccc(O)c6c5[C@@]2(CCN4CC2CC2)[C@H]3O6)cc1. The van der Waals surface area contributed by atoms with E-state index < -0.39 is 11.0 Å². The topological polar surface area (TPSA) is 83.9 Å². The van der Waals surface area contributed by atoms with Gasteiger partial charge in [-0.3, -0.25) is 4.90 Å². The number of phenolic OH excluding ortho intramolecular Hbond substituents is 1. The highest BCUT2D eigenvalue weighted by molar-refractivity contribution is 5.87. The van der Waals surface area contributed by atoms with E-state index in [9.17, 15) is 10.2 Å². The molecule has 3 heterocycles. The molecule has 1 spiro atoms. The lowest BCUT2D eigenvalue weighted by molar-refractivity contribution is -0.173. The maximum absolute atomic E-state index is 13.1. The summed E-state index contributed by atoms with van der Waals surface area (Å²) in [6.45, 7) is 2.71. The fourth-order valence-corrected chi connectivity index (χ4v) is 8.78. The molecule has 9 rings (SSSR count). The third-order valence-electron chi connectivity index (χ3n) is 10.6. The summed E-state index contributed by atoms with van der Waals surface area (Å²) in [4.78, 5) is 2.59. The van der Waals surface area contributed by atoms with Crippen molar-refractivity contribution in [2.75, 3.05) is 18.8 Å². The van der Waals surface area contributed by atoms with Crippen LogP contribution < -0.4 is 10.5 Å². The molecular weight excluding hydrogens is 486 g/mol. The van der Waals surface area contributed by atoms with E-state index in [-0.39, 0.29) is 17.9 Å². The van der Waals surface area contributed by atoms with Crippen LogP contribution in [0.25, 0.3) is 10.9 Å². The molecule has 1 saturated carbocycles. The second-order valence-electron chi connectivity index (χ2n) is 12.6. The standard InChI is InChI=1S/C33H33N3O3/c34-22-10-7-20(8-11-22)18-36-25-4-2-1-3-23(25)24-16-33(38)27-15-21-9-12-26(37)30-28(21)32(33,31(39-30)29(24)36)13-14-35(27)17-19-5-6-19/h1-4,7-12,19,27,31,37-38H,5-6,13-18,34H2/t27-,31-,32-,33+/m0/s1. The van der Waals surface area contributed by atoms with Gasteiger partial charge in [0.2, 0.25) is 0 Å². The van der Waals surface area contributed by atoms with Crippen LogP contribution in [0.15, 0.2) is 60.7 Å². The number of nitrogen functional groups attached to an aromatic ring is 1. The maximum Gasteiger partial charge on any atom is 0.166 e. The Bertz CT molecular complexity index is 1670. The molecule has 39 heavy (non-hydrogen) atoms. The third-order valence-corrected chi connectivity index (χ3v) is 10.6. The Morgan fingerprint density at radius 3 is 2.67 bits per heavy atom. The van der Waals surface area contributed by atoms with Gasteiger partial charge in [-0.25, -0.2) is 0 Å². The molecule has 4 atom stereocenters. The number of ether oxygens (including phenoxy) is 1. The predicted molar refractivity (Wildman–Crippen MR) is 150 cm³/mol. The van der Waals surface area contributed by atoms with Crippen LogP contribution >= 0.6 is 0 Å². The van der Waals surface area contributed by atoms with Crippen molar-refractivity contribution in [1.82, 2.24) is 9.47 Å². The normalized spacial score (nSPS) is 30.2. The number of nitrogens with zero attached hydrogens (tertiary/aromatic N) is 2. The first-order chi connectivity index (χ1) is 19.0. The molecule has 3 aromatic carbocycles. The van der Waals surface area contributed by atoms with Gasteiger partial charge in [0.1, 0.15) is 0 Å². The van der Waals surface area contributed by atoms with E-state index in [0.717, 1.165) is 54.3 Å². The summed E-state index contributed by atoms with van der Waals surface area (Å²) >= 11 is 0. The lowest BCUT2D eigenvalue weighted by Crippen LogP contribution is -2.74. The Hall–Kier alpha value is -3.48. The van der Waals surface area contributed by atoms with Crippen LogP contribution in [-0.2, 0) is 24.8 Å². The molecule has 0 radical (unpaired) electrons. The zero-order valence-corrected chi connectivity index (χ0v) is 21.9. The first-order valence-electron chi connectivity index (χ1n) is 14.4. The molecule has 2 bridgehead atoms. The minimum Gasteiger partial charge on any atom is -0.504 e. The van der Waals surface area contributed by atoms with E-state index in [1.54, 1.807) is 6.07 Å². The minimum atomic E-state index is -0.972. The number of aliphatic hydroxyl groups is 1. The van der Waals surface area contributed by atoms with Crippen LogP contribution in [0, 0.1) is 5.92 Å². The van der Waals surface area contributed by atoms with Crippen molar-refractivity contribution in [3.05, 3.63) is 88.6 Å². The molecule has 1 aromatic heterocycles. The van der Waals surface area contributed by atoms with Gasteiger partial charge in [0, 0.05) is 47.7 Å². The van der Waals surface area contributed by atoms with Crippen LogP contribution in [0.5, 0.6) is 11.5 Å². The van der Waals surface area contributed by atoms with Crippen LogP contribution in [0.3, 0.4) is 0 Å². The monoisotopic (exact) mass is 519 g/mol. The van der Waals surface area contributed by atoms with Gasteiger partial charge in [-0.2, -0.15) is 0 Å². The summed E-state index contributed by atoms with van der Waals surface area (Å²) in [5.74, 6) is 1.53. The van der Waals surface area contributed by atoms with Crippen molar-refractivity contribution in [2.24, 2.45) is 5.92 Å². The lowest BCUT2D eigenvalue weighted by atomic mass is 9.49. The summed E-state index contributed by atoms with van der Waals surface area (Å²) in [5, 5.41) is 25.4. The number of hydrogen-bond acceptors (Lipinski definition) is 5. The highest BCUT2D eigenvalue weighted by atomic mass is 16.5. The Morgan fingerprint density at radius 2 is 1.85 bits per heavy atom. The number of aromatic nitrogens is 1. The number of phenols is 1. The summed E-state index contributed by atoms with van der Waals surface area (Å²) in [7, 11) is 0. The van der Waals surface area contributed by atoms with Gasteiger partial charge in [0.05, 0.1) is 16.7 Å². The number of likely N-dealkylation sites (tertiary alicyclic amines) is 1. The average Bonchev–Trinajstić information content (AvgIpc) is 3.61. The van der Waals surface area contributed by atoms with Gasteiger partial charge in [-0.15, -0.1) is 0 Å². The zero-order valence-electron chi connectivity index (χ0n) is 21.9. The van der Waals surface area contributed by atoms with E-state index >= 15 is 0 Å². The second-order valence-corrected chi connectivity index (χ2v) is 12.6. The number of piperidine rings is 1. The summed E-state index contributed by atoms with van der Waals surface area (Å²) in [6, 6.07) is 20.6. The number of fused-ring (bicyclic) bond motifs is 4. The van der Waals surface area contributed by atoms with E-state index in [2.05, 4.69) is 51.9 Å². The summed E-state index contributed by atoms with van der Waals surface area (Å²) in [5.41, 5.74) is 12.2. The molecule has 5 aliphatic rings. The van der Waals surface area contributed by atoms with Crippen LogP contribution in [-0.4, -0.2) is 44.4 Å². The van der Waals surface area contributed by atoms with Gasteiger partial charge in [0.25, 0.3) is 0 Å². The summed E-state index contributed by atoms with van der Waals surface area (Å²) in [6.07, 6.45) is 4.46. The second kappa shape index (κ2) is 7.38. The van der Waals surface area contributed by atoms with Gasteiger partial charge in [-0.05, 0) is 79.1 Å². The minimum absolute atomic E-state index is 0.0355. The first-order valence-corrected chi connectivity index (χ1v) is 14.4. The van der Waals surface area contributed by atoms with Gasteiger partial charge < -0.3 is 25.3 Å². The van der Waals surface area contributed by atoms with Crippen molar-refractivity contribution in [3.63, 3.8) is 0 Å². The Morgan fingerprint density at radius 1 is 1.03 bits per heavy atom. The molecule has 198 valence electrons. The van der Waals surface area contributed by atoms with Gasteiger partial charge in [0.15, 0.2) is 17.6 Å². The van der Waals surface area contributed by atoms with Crippen LogP contribution in [0.2, 0.25) is 0 Å². The van der Waals surface area contributed by atoms with Gasteiger partial charge >= 0.3 is 0 Å². The number of rotatable bonds is 4.